The second-order valence-electron chi connectivity index (χ2n) is 8.80. The van der Waals surface area contributed by atoms with Gasteiger partial charge in [0.05, 0.1) is 0 Å². The third-order valence-corrected chi connectivity index (χ3v) is 6.56. The molecule has 1 nitrogen and oxygen atoms in total. The van der Waals surface area contributed by atoms with E-state index in [9.17, 15) is 0 Å². The zero-order valence-corrected chi connectivity index (χ0v) is 18.7. The number of nitrogens with one attached hydrogen (secondary N) is 1. The lowest BCUT2D eigenvalue weighted by Crippen LogP contribution is -2.10. The normalized spacial score (nSPS) is 12.7. The van der Waals surface area contributed by atoms with Crippen molar-refractivity contribution in [3.05, 3.63) is 126 Å². The molecule has 1 heteroatoms. The number of hydrogen-bond acceptors (Lipinski definition) is 1. The van der Waals surface area contributed by atoms with Gasteiger partial charge in [-0.05, 0) is 68.8 Å². The molecule has 1 aliphatic heterocycles. The van der Waals surface area contributed by atoms with E-state index in [1.807, 2.05) is 0 Å². The smallest absolute Gasteiger partial charge is 0.0422 e. The molecule has 5 aromatic carbocycles. The molecule has 0 saturated heterocycles. The van der Waals surface area contributed by atoms with Gasteiger partial charge < -0.3 is 5.32 Å². The molecular weight excluding hydrogens is 398 g/mol. The van der Waals surface area contributed by atoms with Crippen molar-refractivity contribution >= 4 is 28.1 Å². The second kappa shape index (κ2) is 8.11. The number of anilines is 1. The minimum absolute atomic E-state index is 0.831. The molecule has 158 valence electrons. The summed E-state index contributed by atoms with van der Waals surface area (Å²) in [7, 11) is 0. The maximum absolute atomic E-state index is 3.64. The van der Waals surface area contributed by atoms with Crippen LogP contribution in [0.3, 0.4) is 0 Å². The Morgan fingerprint density at radius 2 is 1.33 bits per heavy atom. The molecule has 0 fully saturated rings. The summed E-state index contributed by atoms with van der Waals surface area (Å²) in [5.41, 5.74) is 11.4. The summed E-state index contributed by atoms with van der Waals surface area (Å²) in [6, 6.07) is 39.5. The van der Waals surface area contributed by atoms with Crippen molar-refractivity contribution < 1.29 is 0 Å². The maximum atomic E-state index is 3.64. The summed E-state index contributed by atoms with van der Waals surface area (Å²) in [5.74, 6) is 0. The molecule has 6 rings (SSSR count). The molecule has 0 aromatic heterocycles. The summed E-state index contributed by atoms with van der Waals surface area (Å²) in [5, 5.41) is 6.21. The fourth-order valence-electron chi connectivity index (χ4n) is 4.80. The van der Waals surface area contributed by atoms with Crippen molar-refractivity contribution in [2.24, 2.45) is 0 Å². The van der Waals surface area contributed by atoms with Crippen molar-refractivity contribution in [2.75, 3.05) is 11.9 Å². The van der Waals surface area contributed by atoms with Crippen molar-refractivity contribution in [2.45, 2.75) is 6.92 Å². The van der Waals surface area contributed by atoms with Gasteiger partial charge in [-0.3, -0.25) is 0 Å². The van der Waals surface area contributed by atoms with E-state index in [1.54, 1.807) is 0 Å². The van der Waals surface area contributed by atoms with Gasteiger partial charge >= 0.3 is 0 Å². The van der Waals surface area contributed by atoms with Gasteiger partial charge in [0, 0.05) is 12.2 Å². The number of rotatable bonds is 3. The molecule has 0 amide bonds. The van der Waals surface area contributed by atoms with Gasteiger partial charge in [-0.1, -0.05) is 109 Å². The lowest BCUT2D eigenvalue weighted by atomic mass is 9.93. The third-order valence-electron chi connectivity index (χ3n) is 6.56. The Kier molecular flexibility index (Phi) is 4.81. The summed E-state index contributed by atoms with van der Waals surface area (Å²) < 4.78 is 0. The molecular formula is C32H25N. The van der Waals surface area contributed by atoms with Crippen molar-refractivity contribution in [1.82, 2.24) is 0 Å². The van der Waals surface area contributed by atoms with Gasteiger partial charge in [0.2, 0.25) is 0 Å². The van der Waals surface area contributed by atoms with Crippen LogP contribution < -0.4 is 5.32 Å². The standard InChI is InChI=1S/C32H25N/c1-22-6-4-9-26(18-22)27-16-17-28-19-29(21-33-32(28)20-27)23-12-14-25(15-13-23)31-11-5-8-24-7-2-3-10-30(24)31/h2-20,33H,21H2,1H3. The highest BCUT2D eigenvalue weighted by molar-refractivity contribution is 5.97. The first-order valence-corrected chi connectivity index (χ1v) is 11.5. The molecule has 0 bridgehead atoms. The van der Waals surface area contributed by atoms with Gasteiger partial charge in [-0.25, -0.2) is 0 Å². The zero-order chi connectivity index (χ0) is 22.2. The first kappa shape index (κ1) is 19.6. The van der Waals surface area contributed by atoms with Gasteiger partial charge in [-0.2, -0.15) is 0 Å². The summed E-state index contributed by atoms with van der Waals surface area (Å²) in [6.07, 6.45) is 2.32. The average Bonchev–Trinajstić information content (AvgIpc) is 2.88. The number of aryl methyl sites for hydroxylation is 1. The molecule has 5 aromatic rings. The fourth-order valence-corrected chi connectivity index (χ4v) is 4.80. The highest BCUT2D eigenvalue weighted by Gasteiger charge is 2.13. The molecule has 0 unspecified atom stereocenters. The highest BCUT2D eigenvalue weighted by atomic mass is 14.9. The quantitative estimate of drug-likeness (QED) is 0.307. The Morgan fingerprint density at radius 3 is 2.21 bits per heavy atom. The number of benzene rings is 5. The summed E-state index contributed by atoms with van der Waals surface area (Å²) >= 11 is 0. The van der Waals surface area contributed by atoms with E-state index in [2.05, 4.69) is 128 Å². The van der Waals surface area contributed by atoms with Crippen LogP contribution in [0.4, 0.5) is 5.69 Å². The van der Waals surface area contributed by atoms with Crippen LogP contribution in [0.5, 0.6) is 0 Å². The Labute approximate surface area is 195 Å². The monoisotopic (exact) mass is 423 g/mol. The van der Waals surface area contributed by atoms with Crippen molar-refractivity contribution in [3.8, 4) is 22.3 Å². The summed E-state index contributed by atoms with van der Waals surface area (Å²) in [4.78, 5) is 0. The third kappa shape index (κ3) is 3.72. The SMILES string of the molecule is Cc1cccc(-c2ccc3c(c2)NCC(c2ccc(-c4cccc5ccccc45)cc2)=C3)c1. The largest absolute Gasteiger partial charge is 0.380 e. The lowest BCUT2D eigenvalue weighted by Gasteiger charge is -2.20. The minimum Gasteiger partial charge on any atom is -0.380 e. The van der Waals surface area contributed by atoms with E-state index in [0.29, 0.717) is 0 Å². The van der Waals surface area contributed by atoms with Crippen LogP contribution in [0.15, 0.2) is 109 Å². The van der Waals surface area contributed by atoms with Gasteiger partial charge in [0.15, 0.2) is 0 Å². The Balaban J connectivity index is 1.30. The van der Waals surface area contributed by atoms with Crippen LogP contribution in [0, 0.1) is 6.92 Å². The maximum Gasteiger partial charge on any atom is 0.0422 e. The van der Waals surface area contributed by atoms with E-state index in [0.717, 1.165) is 6.54 Å². The Hall–Kier alpha value is -4.10. The van der Waals surface area contributed by atoms with Crippen molar-refractivity contribution in [3.63, 3.8) is 0 Å². The molecule has 33 heavy (non-hydrogen) atoms. The molecule has 0 radical (unpaired) electrons. The van der Waals surface area contributed by atoms with Crippen LogP contribution in [0.1, 0.15) is 16.7 Å². The topological polar surface area (TPSA) is 12.0 Å². The van der Waals surface area contributed by atoms with Gasteiger partial charge in [0.1, 0.15) is 0 Å². The van der Waals surface area contributed by atoms with E-state index in [1.165, 1.54) is 61.0 Å². The molecule has 0 aliphatic carbocycles. The fraction of sp³-hybridized carbons (Fsp3) is 0.0625. The summed E-state index contributed by atoms with van der Waals surface area (Å²) in [6.45, 7) is 2.97. The van der Waals surface area contributed by atoms with E-state index >= 15 is 0 Å². The predicted molar refractivity (Wildman–Crippen MR) is 142 cm³/mol. The number of hydrogen-bond donors (Lipinski definition) is 1. The molecule has 0 atom stereocenters. The van der Waals surface area contributed by atoms with Crippen LogP contribution in [0.2, 0.25) is 0 Å². The predicted octanol–water partition coefficient (Wildman–Crippen LogP) is 8.45. The van der Waals surface area contributed by atoms with Gasteiger partial charge in [0.25, 0.3) is 0 Å². The molecule has 1 heterocycles. The van der Waals surface area contributed by atoms with E-state index in [-0.39, 0.29) is 0 Å². The molecule has 1 N–H and O–H groups in total. The second-order valence-corrected chi connectivity index (χ2v) is 8.80. The Morgan fingerprint density at radius 1 is 0.606 bits per heavy atom. The minimum atomic E-state index is 0.831. The first-order valence-electron chi connectivity index (χ1n) is 11.5. The molecule has 0 spiro atoms. The van der Waals surface area contributed by atoms with E-state index < -0.39 is 0 Å². The molecule has 1 aliphatic rings. The zero-order valence-electron chi connectivity index (χ0n) is 18.7. The van der Waals surface area contributed by atoms with Crippen LogP contribution in [0.25, 0.3) is 44.7 Å². The Bertz CT molecular complexity index is 1500. The number of fused-ring (bicyclic) bond motifs is 2. The van der Waals surface area contributed by atoms with Crippen LogP contribution in [-0.2, 0) is 0 Å². The van der Waals surface area contributed by atoms with E-state index in [4.69, 9.17) is 0 Å². The molecule has 0 saturated carbocycles. The van der Waals surface area contributed by atoms with Crippen LogP contribution >= 0.6 is 0 Å². The first-order chi connectivity index (χ1) is 16.2. The average molecular weight is 424 g/mol. The highest BCUT2D eigenvalue weighted by Crippen LogP contribution is 2.34. The lowest BCUT2D eigenvalue weighted by molar-refractivity contribution is 1.31. The van der Waals surface area contributed by atoms with Gasteiger partial charge in [-0.15, -0.1) is 0 Å². The van der Waals surface area contributed by atoms with Crippen LogP contribution in [-0.4, -0.2) is 6.54 Å². The van der Waals surface area contributed by atoms with Crippen molar-refractivity contribution in [1.29, 1.82) is 0 Å².